The van der Waals surface area contributed by atoms with Gasteiger partial charge < -0.3 is 38.9 Å². The number of hydrogen-bond acceptors (Lipinski definition) is 9. The number of ether oxygens (including phenoxy) is 4. The first-order chi connectivity index (χ1) is 24.9. The number of methoxy groups -OCH3 is 1. The van der Waals surface area contributed by atoms with Gasteiger partial charge in [-0.15, -0.1) is 6.58 Å². The van der Waals surface area contributed by atoms with Gasteiger partial charge in [0.1, 0.15) is 28.9 Å². The number of oxime groups is 1. The molecule has 5 rings (SSSR count). The van der Waals surface area contributed by atoms with Crippen molar-refractivity contribution < 1.29 is 38.8 Å². The second kappa shape index (κ2) is 16.9. The van der Waals surface area contributed by atoms with Crippen LogP contribution in [0.15, 0.2) is 65.9 Å². The highest BCUT2D eigenvalue weighted by atomic mass is 16.7. The Morgan fingerprint density at radius 1 is 1.04 bits per heavy atom. The summed E-state index contributed by atoms with van der Waals surface area (Å²) in [6.45, 7) is 14.4. The Bertz CT molecular complexity index is 1630. The van der Waals surface area contributed by atoms with Crippen LogP contribution in [0.2, 0.25) is 0 Å². The predicted octanol–water partition coefficient (Wildman–Crippen LogP) is 8.23. The van der Waals surface area contributed by atoms with E-state index in [1.165, 1.54) is 12.7 Å². The number of rotatable bonds is 15. The summed E-state index contributed by atoms with van der Waals surface area (Å²) in [6, 6.07) is 11.4. The molecule has 1 aliphatic heterocycles. The Balaban J connectivity index is 1.77. The number of amides is 1. The van der Waals surface area contributed by atoms with Crippen molar-refractivity contribution in [2.45, 2.75) is 103 Å². The lowest BCUT2D eigenvalue weighted by Gasteiger charge is -2.59. The highest BCUT2D eigenvalue weighted by Crippen LogP contribution is 2.62. The van der Waals surface area contributed by atoms with Crippen molar-refractivity contribution >= 4 is 11.8 Å². The van der Waals surface area contributed by atoms with Crippen LogP contribution in [-0.4, -0.2) is 78.3 Å². The molecule has 1 saturated carbocycles. The Morgan fingerprint density at radius 2 is 1.73 bits per heavy atom. The van der Waals surface area contributed by atoms with Gasteiger partial charge in [0.2, 0.25) is 5.79 Å². The normalized spacial score (nSPS) is 25.7. The standard InChI is InChI=1S/C42H58N2O8/c1-9-22-49-42-37(44(7)40(47)48-8)26-35(43-52-41(4,5)6)33-24-29(14-10-12-20-45)32(15-11-13-21-46)38(39(33)42)34-25-31(18-19-36(34)51-42)50-30-17-16-27(2)28(3)23-30/h9,16-19,23-25,29,32,37-39,45-46H,1,10-15,20-22,26H2,2-8H3/t29-,32+,37-,38+,39+,42+/m0/s1. The first kappa shape index (κ1) is 39.3. The summed E-state index contributed by atoms with van der Waals surface area (Å²) < 4.78 is 25.8. The van der Waals surface area contributed by atoms with Crippen LogP contribution in [0.4, 0.5) is 4.79 Å². The van der Waals surface area contributed by atoms with Crippen molar-refractivity contribution in [2.75, 3.05) is 34.0 Å². The third kappa shape index (κ3) is 8.35. The van der Waals surface area contributed by atoms with E-state index in [4.69, 9.17) is 28.9 Å². The fourth-order valence-electron chi connectivity index (χ4n) is 8.17. The van der Waals surface area contributed by atoms with Crippen LogP contribution < -0.4 is 9.47 Å². The van der Waals surface area contributed by atoms with Gasteiger partial charge in [-0.05, 0) is 119 Å². The molecule has 10 heteroatoms. The summed E-state index contributed by atoms with van der Waals surface area (Å²) in [7, 11) is 3.08. The van der Waals surface area contributed by atoms with Gasteiger partial charge in [0.05, 0.1) is 25.3 Å². The number of unbranched alkanes of at least 4 members (excludes halogenated alkanes) is 2. The van der Waals surface area contributed by atoms with Gasteiger partial charge in [-0.1, -0.05) is 36.2 Å². The number of fused-ring (bicyclic) bond motifs is 2. The zero-order valence-corrected chi connectivity index (χ0v) is 32.0. The molecule has 2 aromatic rings. The lowest BCUT2D eigenvalue weighted by molar-refractivity contribution is -0.253. The summed E-state index contributed by atoms with van der Waals surface area (Å²) >= 11 is 0. The molecule has 1 fully saturated rings. The number of aliphatic hydroxyl groups excluding tert-OH is 2. The molecule has 0 radical (unpaired) electrons. The van der Waals surface area contributed by atoms with Gasteiger partial charge in [0.15, 0.2) is 0 Å². The minimum atomic E-state index is -1.33. The van der Waals surface area contributed by atoms with E-state index in [2.05, 4.69) is 38.6 Å². The largest absolute Gasteiger partial charge is 0.459 e. The van der Waals surface area contributed by atoms with E-state index in [0.717, 1.165) is 53.8 Å². The Hall–Kier alpha value is -3.86. The second-order valence-electron chi connectivity index (χ2n) is 15.4. The number of hydrogen-bond donors (Lipinski definition) is 2. The van der Waals surface area contributed by atoms with Gasteiger partial charge in [-0.25, -0.2) is 4.79 Å². The molecule has 0 aromatic heterocycles. The van der Waals surface area contributed by atoms with E-state index in [9.17, 15) is 15.0 Å². The van der Waals surface area contributed by atoms with E-state index in [0.29, 0.717) is 30.8 Å². The van der Waals surface area contributed by atoms with Crippen molar-refractivity contribution in [3.63, 3.8) is 0 Å². The SMILES string of the molecule is C=CCO[C@@]12Oc3ccc(Oc4ccc(C)c(C)c4)cc3[C@H]3[C@H](CCCCO)[C@@H](CCCCO)C=C(C(=NOC(C)(C)C)C[C@@H]1N(C)C(=O)OC)[C@H]32. The van der Waals surface area contributed by atoms with E-state index >= 15 is 0 Å². The Kier molecular flexibility index (Phi) is 12.8. The van der Waals surface area contributed by atoms with Gasteiger partial charge in [0.25, 0.3) is 0 Å². The minimum absolute atomic E-state index is 0.109. The summed E-state index contributed by atoms with van der Waals surface area (Å²) in [4.78, 5) is 21.0. The highest BCUT2D eigenvalue weighted by molar-refractivity contribution is 6.03. The average molecular weight is 719 g/mol. The summed E-state index contributed by atoms with van der Waals surface area (Å²) in [5.74, 6) is 0.456. The molecule has 0 spiro atoms. The number of carbonyl (C=O) groups excluding carboxylic acids is 1. The number of likely N-dealkylation sites (N-methyl/N-ethyl adjacent to an activating group) is 1. The van der Waals surface area contributed by atoms with Gasteiger partial charge >= 0.3 is 6.09 Å². The molecule has 52 heavy (non-hydrogen) atoms. The van der Waals surface area contributed by atoms with E-state index < -0.39 is 29.4 Å². The fourth-order valence-corrected chi connectivity index (χ4v) is 8.17. The number of carbonyl (C=O) groups is 1. The molecule has 1 amide bonds. The van der Waals surface area contributed by atoms with Gasteiger partial charge in [-0.2, -0.15) is 0 Å². The zero-order chi connectivity index (χ0) is 37.6. The molecule has 10 nitrogen and oxygen atoms in total. The lowest BCUT2D eigenvalue weighted by Crippen LogP contribution is -2.69. The number of nitrogens with zero attached hydrogens (tertiary/aromatic N) is 2. The van der Waals surface area contributed by atoms with Crippen LogP contribution >= 0.6 is 0 Å². The maximum Gasteiger partial charge on any atom is 0.409 e. The minimum Gasteiger partial charge on any atom is -0.459 e. The average Bonchev–Trinajstić information content (AvgIpc) is 3.12. The van der Waals surface area contributed by atoms with Crippen LogP contribution in [0, 0.1) is 31.6 Å². The van der Waals surface area contributed by atoms with Gasteiger partial charge in [-0.3, -0.25) is 0 Å². The van der Waals surface area contributed by atoms with Crippen molar-refractivity contribution in [3.05, 3.63) is 77.4 Å². The maximum absolute atomic E-state index is 13.3. The van der Waals surface area contributed by atoms with Crippen LogP contribution in [-0.2, 0) is 14.3 Å². The molecule has 2 aliphatic carbocycles. The molecule has 0 saturated heterocycles. The fraction of sp³-hybridized carbons (Fsp3) is 0.571. The van der Waals surface area contributed by atoms with Crippen LogP contribution in [0.25, 0.3) is 0 Å². The van der Waals surface area contributed by atoms with E-state index in [-0.39, 0.29) is 37.6 Å². The van der Waals surface area contributed by atoms with E-state index in [1.54, 1.807) is 18.0 Å². The van der Waals surface area contributed by atoms with Gasteiger partial charge in [0, 0.05) is 38.2 Å². The molecule has 0 bridgehead atoms. The topological polar surface area (TPSA) is 119 Å². The molecule has 2 N–H and O–H groups in total. The molecule has 6 atom stereocenters. The predicted molar refractivity (Wildman–Crippen MR) is 202 cm³/mol. The van der Waals surface area contributed by atoms with Crippen molar-refractivity contribution in [3.8, 4) is 17.2 Å². The first-order valence-electron chi connectivity index (χ1n) is 18.7. The third-order valence-corrected chi connectivity index (χ3v) is 10.7. The lowest BCUT2D eigenvalue weighted by atomic mass is 9.55. The first-order valence-corrected chi connectivity index (χ1v) is 18.7. The summed E-state index contributed by atoms with van der Waals surface area (Å²) in [6.07, 6.45) is 8.61. The third-order valence-electron chi connectivity index (χ3n) is 10.7. The van der Waals surface area contributed by atoms with Crippen molar-refractivity contribution in [2.24, 2.45) is 22.9 Å². The molecule has 284 valence electrons. The zero-order valence-electron chi connectivity index (χ0n) is 32.0. The number of aryl methyl sites for hydroxylation is 2. The number of aliphatic hydroxyl groups is 2. The molecular weight excluding hydrogens is 660 g/mol. The highest BCUT2D eigenvalue weighted by Gasteiger charge is 2.65. The number of benzene rings is 2. The van der Waals surface area contributed by atoms with Crippen LogP contribution in [0.1, 0.15) is 88.3 Å². The Labute approximate surface area is 309 Å². The second-order valence-corrected chi connectivity index (χ2v) is 15.4. The van der Waals surface area contributed by atoms with Crippen LogP contribution in [0.3, 0.4) is 0 Å². The summed E-state index contributed by atoms with van der Waals surface area (Å²) in [5.41, 5.74) is 4.49. The van der Waals surface area contributed by atoms with E-state index in [1.807, 2.05) is 45.0 Å². The molecular formula is C42H58N2O8. The van der Waals surface area contributed by atoms with Crippen LogP contribution in [0.5, 0.6) is 17.2 Å². The maximum atomic E-state index is 13.3. The Morgan fingerprint density at radius 3 is 2.38 bits per heavy atom. The van der Waals surface area contributed by atoms with Crippen molar-refractivity contribution in [1.82, 2.24) is 4.90 Å². The molecule has 3 aliphatic rings. The molecule has 0 unspecified atom stereocenters. The number of allylic oxidation sites excluding steroid dienone is 1. The molecule has 2 aromatic carbocycles. The molecule has 1 heterocycles. The summed E-state index contributed by atoms with van der Waals surface area (Å²) in [5, 5.41) is 24.4. The smallest absolute Gasteiger partial charge is 0.409 e. The van der Waals surface area contributed by atoms with Crippen molar-refractivity contribution in [1.29, 1.82) is 0 Å². The quantitative estimate of drug-likeness (QED) is 0.107. The monoisotopic (exact) mass is 718 g/mol.